The first-order valence-electron chi connectivity index (χ1n) is 11.2. The van der Waals surface area contributed by atoms with Crippen LogP contribution in [-0.2, 0) is 14.3 Å². The molecule has 34 heavy (non-hydrogen) atoms. The molecule has 0 bridgehead atoms. The summed E-state index contributed by atoms with van der Waals surface area (Å²) in [5.74, 6) is -6.97. The second-order valence-electron chi connectivity index (χ2n) is 8.29. The monoisotopic (exact) mass is 474 g/mol. The third-order valence-corrected chi connectivity index (χ3v) is 5.79. The molecule has 1 unspecified atom stereocenters. The number of ether oxygens (including phenoxy) is 1. The van der Waals surface area contributed by atoms with Crippen LogP contribution in [0.15, 0.2) is 48.5 Å². The van der Waals surface area contributed by atoms with E-state index in [9.17, 15) is 23.2 Å². The molecule has 2 aromatic carbocycles. The van der Waals surface area contributed by atoms with Crippen LogP contribution in [0.25, 0.3) is 11.1 Å². The van der Waals surface area contributed by atoms with Crippen molar-refractivity contribution in [1.29, 1.82) is 0 Å². The number of nitrogens with one attached hydrogen (secondary N) is 2. The summed E-state index contributed by atoms with van der Waals surface area (Å²) in [5.41, 5.74) is 4.04. The minimum absolute atomic E-state index is 0.0463. The number of amides is 2. The van der Waals surface area contributed by atoms with Crippen LogP contribution in [0.1, 0.15) is 49.7 Å². The van der Waals surface area contributed by atoms with Crippen molar-refractivity contribution in [3.63, 3.8) is 0 Å². The summed E-state index contributed by atoms with van der Waals surface area (Å²) in [5, 5.41) is 13.0. The van der Waals surface area contributed by atoms with Crippen molar-refractivity contribution >= 4 is 18.0 Å². The van der Waals surface area contributed by atoms with Crippen molar-refractivity contribution in [1.82, 2.24) is 10.6 Å². The zero-order chi connectivity index (χ0) is 24.7. The molecule has 0 fully saturated rings. The number of halogens is 2. The quantitative estimate of drug-likeness (QED) is 0.450. The van der Waals surface area contributed by atoms with Crippen molar-refractivity contribution in [2.45, 2.75) is 50.5 Å². The molecule has 0 heterocycles. The molecule has 1 atom stereocenters. The number of carbonyl (C=O) groups is 3. The Labute approximate surface area is 196 Å². The summed E-state index contributed by atoms with van der Waals surface area (Å²) in [6, 6.07) is 14.5. The van der Waals surface area contributed by atoms with Gasteiger partial charge in [-0.1, -0.05) is 68.3 Å². The largest absolute Gasteiger partial charge is 0.481 e. The van der Waals surface area contributed by atoms with E-state index in [4.69, 9.17) is 9.84 Å². The van der Waals surface area contributed by atoms with Gasteiger partial charge in [-0.25, -0.2) is 4.79 Å². The third kappa shape index (κ3) is 6.09. The number of aliphatic carboxylic acids is 1. The van der Waals surface area contributed by atoms with Crippen LogP contribution in [-0.4, -0.2) is 48.2 Å². The van der Waals surface area contributed by atoms with Crippen LogP contribution >= 0.6 is 0 Å². The highest BCUT2D eigenvalue weighted by atomic mass is 19.3. The molecule has 1 aliphatic rings. The Morgan fingerprint density at radius 3 is 2.21 bits per heavy atom. The van der Waals surface area contributed by atoms with Crippen LogP contribution in [0.2, 0.25) is 0 Å². The van der Waals surface area contributed by atoms with E-state index >= 15 is 0 Å². The topological polar surface area (TPSA) is 105 Å². The van der Waals surface area contributed by atoms with Gasteiger partial charge in [0.15, 0.2) is 0 Å². The predicted molar refractivity (Wildman–Crippen MR) is 122 cm³/mol. The molecule has 0 aromatic heterocycles. The van der Waals surface area contributed by atoms with Gasteiger partial charge in [-0.3, -0.25) is 9.59 Å². The molecule has 9 heteroatoms. The van der Waals surface area contributed by atoms with Crippen LogP contribution < -0.4 is 10.6 Å². The highest BCUT2D eigenvalue weighted by Gasteiger charge is 2.40. The number of rotatable bonds is 11. The van der Waals surface area contributed by atoms with Crippen LogP contribution in [0.3, 0.4) is 0 Å². The van der Waals surface area contributed by atoms with Gasteiger partial charge in [0, 0.05) is 12.0 Å². The van der Waals surface area contributed by atoms with E-state index in [0.717, 1.165) is 28.7 Å². The molecule has 2 aromatic rings. The molecular weight excluding hydrogens is 446 g/mol. The molecule has 1 aliphatic carbocycles. The number of fused-ring (bicyclic) bond motifs is 3. The summed E-state index contributed by atoms with van der Waals surface area (Å²) in [4.78, 5) is 35.1. The summed E-state index contributed by atoms with van der Waals surface area (Å²) in [7, 11) is 0. The number of hydrogen-bond donors (Lipinski definition) is 3. The summed E-state index contributed by atoms with van der Waals surface area (Å²) in [6.07, 6.45) is 0.0574. The number of carboxylic acid groups (broad SMARTS) is 1. The van der Waals surface area contributed by atoms with Crippen molar-refractivity contribution in [2.24, 2.45) is 0 Å². The first-order chi connectivity index (χ1) is 16.2. The number of hydrogen-bond acceptors (Lipinski definition) is 4. The number of benzene rings is 2. The Kier molecular flexibility index (Phi) is 8.20. The molecule has 3 N–H and O–H groups in total. The van der Waals surface area contributed by atoms with E-state index in [1.807, 2.05) is 60.8 Å². The van der Waals surface area contributed by atoms with Gasteiger partial charge in [-0.05, 0) is 28.7 Å². The Balaban J connectivity index is 1.54. The van der Waals surface area contributed by atoms with Gasteiger partial charge in [0.2, 0.25) is 0 Å². The molecule has 7 nitrogen and oxygen atoms in total. The fraction of sp³-hybridized carbons (Fsp3) is 0.400. The molecular formula is C25H28F2N2O5. The lowest BCUT2D eigenvalue weighted by atomic mass is 9.98. The van der Waals surface area contributed by atoms with E-state index in [-0.39, 0.29) is 18.9 Å². The molecule has 182 valence electrons. The minimum Gasteiger partial charge on any atom is -0.481 e. The van der Waals surface area contributed by atoms with Crippen molar-refractivity contribution in [2.75, 3.05) is 13.2 Å². The van der Waals surface area contributed by atoms with Gasteiger partial charge in [0.25, 0.3) is 5.91 Å². The van der Waals surface area contributed by atoms with Gasteiger partial charge < -0.3 is 20.5 Å². The SMILES string of the molecule is CCCCC(CC(=O)O)NC(=O)C(F)(F)CNC(=O)OCC1c2ccccc2-c2ccccc21. The molecule has 0 saturated heterocycles. The lowest BCUT2D eigenvalue weighted by Gasteiger charge is -2.22. The van der Waals surface area contributed by atoms with Gasteiger partial charge in [0.1, 0.15) is 6.61 Å². The van der Waals surface area contributed by atoms with Gasteiger partial charge in [0.05, 0.1) is 13.0 Å². The Bertz CT molecular complexity index is 998. The zero-order valence-electron chi connectivity index (χ0n) is 18.9. The summed E-state index contributed by atoms with van der Waals surface area (Å²) in [6.45, 7) is 0.560. The van der Waals surface area contributed by atoms with Crippen molar-refractivity contribution in [3.05, 3.63) is 59.7 Å². The fourth-order valence-electron chi connectivity index (χ4n) is 4.09. The molecule has 0 aliphatic heterocycles. The lowest BCUT2D eigenvalue weighted by Crippen LogP contribution is -2.51. The first kappa shape index (κ1) is 25.1. The summed E-state index contributed by atoms with van der Waals surface area (Å²) >= 11 is 0. The van der Waals surface area contributed by atoms with Gasteiger partial charge in [-0.2, -0.15) is 8.78 Å². The molecule has 0 spiro atoms. The number of carbonyl (C=O) groups excluding carboxylic acids is 2. The number of unbranched alkanes of at least 4 members (excludes halogenated alkanes) is 1. The standard InChI is InChI=1S/C25H28F2N2O5/c1-2-3-8-16(13-22(30)31)29-23(32)25(26,27)15-28-24(33)34-14-21-19-11-6-4-9-17(19)18-10-5-7-12-20(18)21/h4-7,9-12,16,21H,2-3,8,13-15H2,1H3,(H,28,33)(H,29,32)(H,30,31). The van der Waals surface area contributed by atoms with Crippen molar-refractivity contribution in [3.8, 4) is 11.1 Å². The number of carboxylic acids is 1. The first-order valence-corrected chi connectivity index (χ1v) is 11.2. The maximum absolute atomic E-state index is 14.3. The maximum atomic E-state index is 14.3. The Morgan fingerprint density at radius 2 is 1.65 bits per heavy atom. The minimum atomic E-state index is -3.92. The normalized spacial score (nSPS) is 13.5. The van der Waals surface area contributed by atoms with Crippen LogP contribution in [0.4, 0.5) is 13.6 Å². The van der Waals surface area contributed by atoms with Crippen LogP contribution in [0.5, 0.6) is 0 Å². The smallest absolute Gasteiger partial charge is 0.407 e. The second-order valence-corrected chi connectivity index (χ2v) is 8.29. The molecule has 0 saturated carbocycles. The van der Waals surface area contributed by atoms with E-state index in [1.54, 1.807) is 0 Å². The summed E-state index contributed by atoms with van der Waals surface area (Å²) < 4.78 is 33.8. The predicted octanol–water partition coefficient (Wildman–Crippen LogP) is 4.31. The highest BCUT2D eigenvalue weighted by Crippen LogP contribution is 2.44. The Hall–Kier alpha value is -3.49. The van der Waals surface area contributed by atoms with Crippen molar-refractivity contribution < 1.29 is 33.0 Å². The fourth-order valence-corrected chi connectivity index (χ4v) is 4.09. The molecule has 3 rings (SSSR count). The average Bonchev–Trinajstić information content (AvgIpc) is 3.13. The van der Waals surface area contributed by atoms with E-state index in [2.05, 4.69) is 5.32 Å². The van der Waals surface area contributed by atoms with E-state index in [0.29, 0.717) is 6.42 Å². The highest BCUT2D eigenvalue weighted by molar-refractivity contribution is 5.85. The van der Waals surface area contributed by atoms with E-state index < -0.39 is 42.9 Å². The zero-order valence-corrected chi connectivity index (χ0v) is 18.9. The van der Waals surface area contributed by atoms with E-state index in [1.165, 1.54) is 0 Å². The number of alkyl halides is 2. The average molecular weight is 475 g/mol. The lowest BCUT2D eigenvalue weighted by molar-refractivity contribution is -0.146. The molecule has 0 radical (unpaired) electrons. The third-order valence-electron chi connectivity index (χ3n) is 5.79. The maximum Gasteiger partial charge on any atom is 0.407 e. The second kappa shape index (κ2) is 11.1. The molecule has 2 amide bonds. The van der Waals surface area contributed by atoms with Gasteiger partial charge >= 0.3 is 18.0 Å². The van der Waals surface area contributed by atoms with Gasteiger partial charge in [-0.15, -0.1) is 0 Å². The Morgan fingerprint density at radius 1 is 1.06 bits per heavy atom. The van der Waals surface area contributed by atoms with Crippen LogP contribution in [0, 0.1) is 0 Å². The number of alkyl carbamates (subject to hydrolysis) is 1.